The van der Waals surface area contributed by atoms with Crippen LogP contribution in [0.3, 0.4) is 0 Å². The highest BCUT2D eigenvalue weighted by molar-refractivity contribution is 7.16. The minimum Gasteiger partial charge on any atom is -0.468 e. The lowest BCUT2D eigenvalue weighted by Gasteiger charge is -2.20. The average molecular weight is 344 g/mol. The molecule has 0 spiro atoms. The molecule has 6 heteroatoms. The van der Waals surface area contributed by atoms with Crippen molar-refractivity contribution in [1.82, 2.24) is 4.90 Å². The van der Waals surface area contributed by atoms with E-state index in [-0.39, 0.29) is 12.5 Å². The van der Waals surface area contributed by atoms with E-state index >= 15 is 0 Å². The number of carbonyl (C=O) groups excluding carboxylic acids is 1. The van der Waals surface area contributed by atoms with Crippen LogP contribution in [0.25, 0.3) is 0 Å². The summed E-state index contributed by atoms with van der Waals surface area (Å²) in [7, 11) is 1.39. The Labute approximate surface area is 138 Å². The van der Waals surface area contributed by atoms with Gasteiger partial charge >= 0.3 is 5.97 Å². The van der Waals surface area contributed by atoms with E-state index in [1.165, 1.54) is 18.4 Å². The van der Waals surface area contributed by atoms with Crippen molar-refractivity contribution >= 4 is 40.5 Å². The molecule has 0 amide bonds. The van der Waals surface area contributed by atoms with Crippen LogP contribution in [0, 0.1) is 0 Å². The maximum Gasteiger partial charge on any atom is 0.319 e. The van der Waals surface area contributed by atoms with Crippen LogP contribution in [0.5, 0.6) is 0 Å². The maximum absolute atomic E-state index is 11.6. The highest BCUT2D eigenvalue weighted by Gasteiger charge is 2.13. The molecule has 3 nitrogen and oxygen atoms in total. The van der Waals surface area contributed by atoms with E-state index in [0.717, 1.165) is 14.8 Å². The van der Waals surface area contributed by atoms with Crippen LogP contribution in [0.4, 0.5) is 0 Å². The first-order valence-corrected chi connectivity index (χ1v) is 7.92. The van der Waals surface area contributed by atoms with Gasteiger partial charge in [0.2, 0.25) is 0 Å². The Morgan fingerprint density at radius 3 is 2.43 bits per heavy atom. The summed E-state index contributed by atoms with van der Waals surface area (Å²) in [6, 6.07) is 11.4. The molecule has 0 atom stereocenters. The van der Waals surface area contributed by atoms with Crippen LogP contribution in [0.1, 0.15) is 10.4 Å². The van der Waals surface area contributed by atoms with E-state index in [4.69, 9.17) is 27.9 Å². The zero-order valence-corrected chi connectivity index (χ0v) is 13.8. The third kappa shape index (κ3) is 5.32. The highest BCUT2D eigenvalue weighted by Crippen LogP contribution is 2.23. The first-order valence-electron chi connectivity index (χ1n) is 6.34. The van der Waals surface area contributed by atoms with Crippen molar-refractivity contribution < 1.29 is 9.53 Å². The van der Waals surface area contributed by atoms with Crippen molar-refractivity contribution in [3.8, 4) is 0 Å². The van der Waals surface area contributed by atoms with Crippen molar-refractivity contribution in [1.29, 1.82) is 0 Å². The second kappa shape index (κ2) is 7.80. The zero-order valence-electron chi connectivity index (χ0n) is 11.5. The SMILES string of the molecule is COC(=O)CN(Cc1ccc(Cl)cc1)Cc1ccc(Cl)s1. The zero-order chi connectivity index (χ0) is 15.2. The van der Waals surface area contributed by atoms with E-state index < -0.39 is 0 Å². The van der Waals surface area contributed by atoms with Crippen LogP contribution < -0.4 is 0 Å². The van der Waals surface area contributed by atoms with Gasteiger partial charge in [-0.2, -0.15) is 0 Å². The lowest BCUT2D eigenvalue weighted by molar-refractivity contribution is -0.142. The number of thiophene rings is 1. The molecule has 0 aliphatic carbocycles. The molecule has 1 heterocycles. The Morgan fingerprint density at radius 2 is 1.86 bits per heavy atom. The second-order valence-corrected chi connectivity index (χ2v) is 6.79. The third-order valence-electron chi connectivity index (χ3n) is 2.91. The van der Waals surface area contributed by atoms with Crippen LogP contribution in [-0.2, 0) is 22.6 Å². The van der Waals surface area contributed by atoms with Gasteiger partial charge in [0, 0.05) is 23.0 Å². The molecule has 2 rings (SSSR count). The fourth-order valence-corrected chi connectivity index (χ4v) is 3.18. The summed E-state index contributed by atoms with van der Waals surface area (Å²) in [6.07, 6.45) is 0. The number of ether oxygens (including phenoxy) is 1. The number of rotatable bonds is 6. The Hall–Kier alpha value is -1.07. The van der Waals surface area contributed by atoms with Gasteiger partial charge in [0.1, 0.15) is 0 Å². The number of carbonyl (C=O) groups is 1. The fourth-order valence-electron chi connectivity index (χ4n) is 1.92. The Morgan fingerprint density at radius 1 is 1.14 bits per heavy atom. The summed E-state index contributed by atoms with van der Waals surface area (Å²) in [5.41, 5.74) is 1.09. The van der Waals surface area contributed by atoms with Crippen LogP contribution >= 0.6 is 34.5 Å². The van der Waals surface area contributed by atoms with Gasteiger partial charge in [-0.15, -0.1) is 11.3 Å². The van der Waals surface area contributed by atoms with Gasteiger partial charge in [0.05, 0.1) is 18.0 Å². The van der Waals surface area contributed by atoms with Gasteiger partial charge < -0.3 is 4.74 Å². The van der Waals surface area contributed by atoms with Crippen molar-refractivity contribution in [2.45, 2.75) is 13.1 Å². The normalized spacial score (nSPS) is 10.9. The van der Waals surface area contributed by atoms with E-state index in [9.17, 15) is 4.79 Å². The summed E-state index contributed by atoms with van der Waals surface area (Å²) >= 11 is 13.3. The smallest absolute Gasteiger partial charge is 0.319 e. The molecule has 0 N–H and O–H groups in total. The highest BCUT2D eigenvalue weighted by atomic mass is 35.5. The number of halogens is 2. The first-order chi connectivity index (χ1) is 10.1. The largest absolute Gasteiger partial charge is 0.468 e. The van der Waals surface area contributed by atoms with Gasteiger partial charge in [0.25, 0.3) is 0 Å². The molecule has 1 aromatic carbocycles. The van der Waals surface area contributed by atoms with E-state index in [1.807, 2.05) is 41.3 Å². The number of nitrogens with zero attached hydrogens (tertiary/aromatic N) is 1. The quantitative estimate of drug-likeness (QED) is 0.735. The van der Waals surface area contributed by atoms with Gasteiger partial charge in [-0.25, -0.2) is 0 Å². The molecule has 0 aliphatic rings. The molecule has 0 fully saturated rings. The van der Waals surface area contributed by atoms with E-state index in [2.05, 4.69) is 0 Å². The number of hydrogen-bond donors (Lipinski definition) is 0. The molecule has 112 valence electrons. The molecule has 1 aromatic heterocycles. The van der Waals surface area contributed by atoms with Gasteiger partial charge in [-0.1, -0.05) is 35.3 Å². The number of hydrogen-bond acceptors (Lipinski definition) is 4. The van der Waals surface area contributed by atoms with Crippen molar-refractivity contribution in [2.24, 2.45) is 0 Å². The monoisotopic (exact) mass is 343 g/mol. The third-order valence-corrected chi connectivity index (χ3v) is 4.38. The number of methoxy groups -OCH3 is 1. The Kier molecular flexibility index (Phi) is 6.06. The molecular weight excluding hydrogens is 329 g/mol. The summed E-state index contributed by atoms with van der Waals surface area (Å²) in [4.78, 5) is 14.7. The van der Waals surface area contributed by atoms with Crippen LogP contribution in [-0.4, -0.2) is 24.5 Å². The molecule has 2 aromatic rings. The molecule has 0 radical (unpaired) electrons. The Balaban J connectivity index is 2.07. The maximum atomic E-state index is 11.6. The fraction of sp³-hybridized carbons (Fsp3) is 0.267. The topological polar surface area (TPSA) is 29.5 Å². The summed E-state index contributed by atoms with van der Waals surface area (Å²) in [5, 5.41) is 0.698. The summed E-state index contributed by atoms with van der Waals surface area (Å²) in [6.45, 7) is 1.52. The molecule has 21 heavy (non-hydrogen) atoms. The van der Waals surface area contributed by atoms with E-state index in [0.29, 0.717) is 18.1 Å². The molecule has 0 saturated carbocycles. The van der Waals surface area contributed by atoms with Gasteiger partial charge in [0.15, 0.2) is 0 Å². The standard InChI is InChI=1S/C15H15Cl2NO2S/c1-20-15(19)10-18(9-13-6-7-14(17)21-13)8-11-2-4-12(16)5-3-11/h2-7H,8-10H2,1H3. The summed E-state index contributed by atoms with van der Waals surface area (Å²) < 4.78 is 5.50. The number of benzene rings is 1. The predicted molar refractivity (Wildman–Crippen MR) is 86.9 cm³/mol. The lowest BCUT2D eigenvalue weighted by Crippen LogP contribution is -2.29. The molecular formula is C15H15Cl2NO2S. The minimum atomic E-state index is -0.258. The van der Waals surface area contributed by atoms with Crippen molar-refractivity contribution in [3.63, 3.8) is 0 Å². The van der Waals surface area contributed by atoms with Crippen LogP contribution in [0.15, 0.2) is 36.4 Å². The van der Waals surface area contributed by atoms with Crippen molar-refractivity contribution in [2.75, 3.05) is 13.7 Å². The lowest BCUT2D eigenvalue weighted by atomic mass is 10.2. The van der Waals surface area contributed by atoms with Crippen molar-refractivity contribution in [3.05, 3.63) is 56.2 Å². The number of esters is 1. The van der Waals surface area contributed by atoms with E-state index in [1.54, 1.807) is 0 Å². The molecule has 0 aliphatic heterocycles. The predicted octanol–water partition coefficient (Wildman–Crippen LogP) is 4.23. The van der Waals surface area contributed by atoms with Gasteiger partial charge in [-0.05, 0) is 29.8 Å². The first kappa shape index (κ1) is 16.3. The minimum absolute atomic E-state index is 0.231. The Bertz CT molecular complexity index is 598. The second-order valence-electron chi connectivity index (χ2n) is 4.55. The average Bonchev–Trinajstić information content (AvgIpc) is 2.86. The van der Waals surface area contributed by atoms with Gasteiger partial charge in [-0.3, -0.25) is 9.69 Å². The van der Waals surface area contributed by atoms with Crippen LogP contribution in [0.2, 0.25) is 9.36 Å². The molecule has 0 unspecified atom stereocenters. The molecule has 0 saturated heterocycles. The summed E-state index contributed by atoms with van der Waals surface area (Å²) in [5.74, 6) is -0.258. The molecule has 0 bridgehead atoms.